The first-order valence-electron chi connectivity index (χ1n) is 6.26. The molecular weight excluding hydrogens is 283 g/mol. The summed E-state index contributed by atoms with van der Waals surface area (Å²) in [6.45, 7) is 2.66. The van der Waals surface area contributed by atoms with E-state index in [0.29, 0.717) is 37.3 Å². The van der Waals surface area contributed by atoms with Crippen molar-refractivity contribution in [2.75, 3.05) is 6.54 Å². The molecule has 0 unspecified atom stereocenters. The predicted octanol–water partition coefficient (Wildman–Crippen LogP) is 2.66. The van der Waals surface area contributed by atoms with Gasteiger partial charge in [-0.25, -0.2) is 4.39 Å². The first-order chi connectivity index (χ1) is 9.11. The van der Waals surface area contributed by atoms with E-state index in [0.717, 1.165) is 10.9 Å². The summed E-state index contributed by atoms with van der Waals surface area (Å²) >= 11 is 0. The molecule has 1 aromatic heterocycles. The average molecular weight is 301 g/mol. The minimum Gasteiger partial charge on any atom is -0.459 e. The van der Waals surface area contributed by atoms with Crippen molar-refractivity contribution >= 4 is 29.3 Å². The lowest BCUT2D eigenvalue weighted by molar-refractivity contribution is -0.121. The number of aryl methyl sites for hydroxylation is 1. The number of nitrogens with one attached hydrogen (secondary N) is 1. The van der Waals surface area contributed by atoms with Crippen LogP contribution in [-0.4, -0.2) is 12.5 Å². The summed E-state index contributed by atoms with van der Waals surface area (Å²) < 4.78 is 18.8. The number of furan rings is 1. The Morgan fingerprint density at radius 3 is 2.90 bits per heavy atom. The Morgan fingerprint density at radius 1 is 1.45 bits per heavy atom. The lowest BCUT2D eigenvalue weighted by Crippen LogP contribution is -2.23. The molecular formula is C14H18ClFN2O2. The average Bonchev–Trinajstić information content (AvgIpc) is 2.71. The van der Waals surface area contributed by atoms with Gasteiger partial charge >= 0.3 is 0 Å². The van der Waals surface area contributed by atoms with E-state index in [1.807, 2.05) is 6.92 Å². The minimum absolute atomic E-state index is 0. The van der Waals surface area contributed by atoms with E-state index in [9.17, 15) is 9.18 Å². The summed E-state index contributed by atoms with van der Waals surface area (Å²) in [5.74, 6) is 0.299. The lowest BCUT2D eigenvalue weighted by Gasteiger charge is -2.03. The molecule has 0 aliphatic heterocycles. The fourth-order valence-electron chi connectivity index (χ4n) is 1.94. The maximum absolute atomic E-state index is 13.2. The van der Waals surface area contributed by atoms with Gasteiger partial charge in [0.15, 0.2) is 0 Å². The monoisotopic (exact) mass is 300 g/mol. The Kier molecular flexibility index (Phi) is 5.98. The molecule has 0 spiro atoms. The topological polar surface area (TPSA) is 68.3 Å². The van der Waals surface area contributed by atoms with Gasteiger partial charge in [0.1, 0.15) is 17.2 Å². The normalized spacial score (nSPS) is 10.3. The molecule has 0 aliphatic rings. The zero-order chi connectivity index (χ0) is 13.8. The van der Waals surface area contributed by atoms with Crippen molar-refractivity contribution in [1.82, 2.24) is 5.32 Å². The van der Waals surface area contributed by atoms with E-state index in [2.05, 4.69) is 5.32 Å². The van der Waals surface area contributed by atoms with E-state index in [4.69, 9.17) is 10.2 Å². The SMILES string of the molecule is Cc1c(CNC(=O)CCCN)oc2ccc(F)cc12.Cl. The maximum Gasteiger partial charge on any atom is 0.220 e. The number of hydrogen-bond acceptors (Lipinski definition) is 3. The third kappa shape index (κ3) is 3.71. The molecule has 0 radical (unpaired) electrons. The summed E-state index contributed by atoms with van der Waals surface area (Å²) in [5, 5.41) is 3.51. The highest BCUT2D eigenvalue weighted by molar-refractivity contribution is 5.85. The van der Waals surface area contributed by atoms with Crippen molar-refractivity contribution in [3.8, 4) is 0 Å². The van der Waals surface area contributed by atoms with E-state index in [-0.39, 0.29) is 24.1 Å². The van der Waals surface area contributed by atoms with Crippen molar-refractivity contribution in [3.05, 3.63) is 35.3 Å². The van der Waals surface area contributed by atoms with Crippen molar-refractivity contribution in [3.63, 3.8) is 0 Å². The number of halogens is 2. The van der Waals surface area contributed by atoms with Gasteiger partial charge in [-0.1, -0.05) is 0 Å². The van der Waals surface area contributed by atoms with Crippen LogP contribution in [0.5, 0.6) is 0 Å². The smallest absolute Gasteiger partial charge is 0.220 e. The second-order valence-electron chi connectivity index (χ2n) is 4.46. The van der Waals surface area contributed by atoms with Crippen LogP contribution in [0.3, 0.4) is 0 Å². The molecule has 0 aliphatic carbocycles. The summed E-state index contributed by atoms with van der Waals surface area (Å²) in [6, 6.07) is 4.39. The highest BCUT2D eigenvalue weighted by atomic mass is 35.5. The molecule has 0 bridgehead atoms. The second-order valence-corrected chi connectivity index (χ2v) is 4.46. The van der Waals surface area contributed by atoms with Crippen LogP contribution in [0.2, 0.25) is 0 Å². The van der Waals surface area contributed by atoms with Crippen LogP contribution in [0.25, 0.3) is 11.0 Å². The van der Waals surface area contributed by atoms with E-state index >= 15 is 0 Å². The van der Waals surface area contributed by atoms with Gasteiger partial charge in [-0.05, 0) is 38.1 Å². The predicted molar refractivity (Wildman–Crippen MR) is 78.3 cm³/mol. The molecule has 1 aromatic carbocycles. The Morgan fingerprint density at radius 2 is 2.20 bits per heavy atom. The van der Waals surface area contributed by atoms with Crippen LogP contribution in [0, 0.1) is 12.7 Å². The van der Waals surface area contributed by atoms with Crippen LogP contribution in [0.1, 0.15) is 24.2 Å². The molecule has 2 aromatic rings. The molecule has 0 atom stereocenters. The van der Waals surface area contributed by atoms with Crippen molar-refractivity contribution in [2.24, 2.45) is 5.73 Å². The molecule has 1 amide bonds. The summed E-state index contributed by atoms with van der Waals surface area (Å²) in [7, 11) is 0. The van der Waals surface area contributed by atoms with E-state index in [1.165, 1.54) is 12.1 Å². The molecule has 1 heterocycles. The van der Waals surface area contributed by atoms with Crippen LogP contribution in [0.4, 0.5) is 4.39 Å². The quantitative estimate of drug-likeness (QED) is 0.892. The second kappa shape index (κ2) is 7.26. The highest BCUT2D eigenvalue weighted by Gasteiger charge is 2.11. The number of carbonyl (C=O) groups excluding carboxylic acids is 1. The Labute approximate surface area is 122 Å². The Hall–Kier alpha value is -1.59. The van der Waals surface area contributed by atoms with Crippen LogP contribution >= 0.6 is 12.4 Å². The van der Waals surface area contributed by atoms with Gasteiger partial charge in [0.05, 0.1) is 6.54 Å². The van der Waals surface area contributed by atoms with Gasteiger partial charge in [-0.15, -0.1) is 12.4 Å². The number of amides is 1. The van der Waals surface area contributed by atoms with Gasteiger partial charge in [-0.2, -0.15) is 0 Å². The zero-order valence-corrected chi connectivity index (χ0v) is 12.1. The van der Waals surface area contributed by atoms with E-state index in [1.54, 1.807) is 6.07 Å². The third-order valence-corrected chi connectivity index (χ3v) is 3.05. The standard InChI is InChI=1S/C14H17FN2O2.ClH/c1-9-11-7-10(15)4-5-12(11)19-13(9)8-17-14(18)3-2-6-16;/h4-5,7H,2-3,6,8,16H2,1H3,(H,17,18);1H. The largest absolute Gasteiger partial charge is 0.459 e. The molecule has 0 saturated carbocycles. The van der Waals surface area contributed by atoms with Crippen LogP contribution in [-0.2, 0) is 11.3 Å². The van der Waals surface area contributed by atoms with Gasteiger partial charge in [0.25, 0.3) is 0 Å². The molecule has 2 rings (SSSR count). The first kappa shape index (κ1) is 16.5. The molecule has 20 heavy (non-hydrogen) atoms. The van der Waals surface area contributed by atoms with Crippen molar-refractivity contribution < 1.29 is 13.6 Å². The molecule has 110 valence electrons. The molecule has 6 heteroatoms. The van der Waals surface area contributed by atoms with E-state index < -0.39 is 0 Å². The number of carbonyl (C=O) groups is 1. The summed E-state index contributed by atoms with van der Waals surface area (Å²) in [6.07, 6.45) is 1.07. The van der Waals surface area contributed by atoms with Gasteiger partial charge in [0, 0.05) is 17.4 Å². The zero-order valence-electron chi connectivity index (χ0n) is 11.2. The molecule has 4 nitrogen and oxygen atoms in total. The van der Waals surface area contributed by atoms with Gasteiger partial charge < -0.3 is 15.5 Å². The first-order valence-corrected chi connectivity index (χ1v) is 6.26. The molecule has 0 fully saturated rings. The summed E-state index contributed by atoms with van der Waals surface area (Å²) in [4.78, 5) is 11.5. The maximum atomic E-state index is 13.2. The number of nitrogens with two attached hydrogens (primary N) is 1. The molecule has 0 saturated heterocycles. The number of fused-ring (bicyclic) bond motifs is 1. The Bertz CT molecular complexity index is 598. The fraction of sp³-hybridized carbons (Fsp3) is 0.357. The Balaban J connectivity index is 0.00000200. The highest BCUT2D eigenvalue weighted by Crippen LogP contribution is 2.25. The number of hydrogen-bond donors (Lipinski definition) is 2. The number of rotatable bonds is 5. The van der Waals surface area contributed by atoms with Crippen molar-refractivity contribution in [2.45, 2.75) is 26.3 Å². The summed E-state index contributed by atoms with van der Waals surface area (Å²) in [5.41, 5.74) is 6.82. The third-order valence-electron chi connectivity index (χ3n) is 3.05. The minimum atomic E-state index is -0.296. The van der Waals surface area contributed by atoms with Crippen LogP contribution in [0.15, 0.2) is 22.6 Å². The lowest BCUT2D eigenvalue weighted by atomic mass is 10.1. The van der Waals surface area contributed by atoms with Crippen molar-refractivity contribution in [1.29, 1.82) is 0 Å². The number of benzene rings is 1. The molecule has 3 N–H and O–H groups in total. The van der Waals surface area contributed by atoms with Gasteiger partial charge in [-0.3, -0.25) is 4.79 Å². The van der Waals surface area contributed by atoms with Crippen LogP contribution < -0.4 is 11.1 Å². The fourth-order valence-corrected chi connectivity index (χ4v) is 1.94. The van der Waals surface area contributed by atoms with Gasteiger partial charge in [0.2, 0.25) is 5.91 Å².